The summed E-state index contributed by atoms with van der Waals surface area (Å²) in [4.78, 5) is 2.03. The van der Waals surface area contributed by atoms with Crippen molar-refractivity contribution >= 4 is 48.9 Å². The van der Waals surface area contributed by atoms with Crippen LogP contribution in [0.3, 0.4) is 0 Å². The van der Waals surface area contributed by atoms with Crippen molar-refractivity contribution in [1.29, 1.82) is 0 Å². The van der Waals surface area contributed by atoms with Crippen LogP contribution in [0.2, 0.25) is 5.02 Å². The van der Waals surface area contributed by atoms with Gasteiger partial charge in [-0.15, -0.1) is 11.3 Å². The quantitative estimate of drug-likeness (QED) is 0.813. The Morgan fingerprint density at radius 2 is 2.05 bits per heavy atom. The lowest BCUT2D eigenvalue weighted by Crippen LogP contribution is -2.39. The predicted molar refractivity (Wildman–Crippen MR) is 84.6 cm³/mol. The van der Waals surface area contributed by atoms with E-state index < -0.39 is 10.0 Å². The van der Waals surface area contributed by atoms with Crippen molar-refractivity contribution in [2.24, 2.45) is 5.41 Å². The molecule has 110 valence electrons. The largest absolute Gasteiger partial charge is 0.309 e. The lowest BCUT2D eigenvalue weighted by Gasteiger charge is -2.28. The molecule has 0 aliphatic heterocycles. The molecule has 0 aliphatic carbocycles. The first-order valence-corrected chi connectivity index (χ1v) is 9.10. The molecule has 8 heteroatoms. The lowest BCUT2D eigenvalue weighted by atomic mass is 9.93. The average molecular weight is 390 g/mol. The predicted octanol–water partition coefficient (Wildman–Crippen LogP) is 3.03. The fraction of sp³-hybridized carbons (Fsp3) is 0.636. The summed E-state index contributed by atoms with van der Waals surface area (Å²) in [6, 6.07) is 1.46. The summed E-state index contributed by atoms with van der Waals surface area (Å²) in [6.07, 6.45) is 0. The first-order chi connectivity index (χ1) is 8.53. The molecule has 0 saturated heterocycles. The number of rotatable bonds is 6. The third-order valence-electron chi connectivity index (χ3n) is 2.37. The minimum atomic E-state index is -3.50. The van der Waals surface area contributed by atoms with E-state index in [0.717, 1.165) is 17.9 Å². The molecule has 0 bridgehead atoms. The van der Waals surface area contributed by atoms with Crippen molar-refractivity contribution in [3.05, 3.63) is 14.9 Å². The number of sulfonamides is 1. The lowest BCUT2D eigenvalue weighted by molar-refractivity contribution is 0.242. The van der Waals surface area contributed by atoms with Crippen molar-refractivity contribution in [2.75, 3.05) is 27.2 Å². The Labute approximate surface area is 132 Å². The Balaban J connectivity index is 2.76. The van der Waals surface area contributed by atoms with Gasteiger partial charge in [-0.1, -0.05) is 25.4 Å². The zero-order valence-electron chi connectivity index (χ0n) is 11.3. The molecule has 0 atom stereocenters. The number of nitrogens with one attached hydrogen (secondary N) is 1. The van der Waals surface area contributed by atoms with Crippen LogP contribution in [-0.4, -0.2) is 40.5 Å². The van der Waals surface area contributed by atoms with Gasteiger partial charge < -0.3 is 4.90 Å². The molecule has 0 aromatic carbocycles. The number of hydrogen-bond donors (Lipinski definition) is 1. The zero-order chi connectivity index (χ0) is 14.8. The van der Waals surface area contributed by atoms with E-state index in [1.807, 2.05) is 32.8 Å². The van der Waals surface area contributed by atoms with Crippen molar-refractivity contribution in [3.8, 4) is 0 Å². The number of nitrogens with zero attached hydrogens (tertiary/aromatic N) is 1. The molecule has 0 fully saturated rings. The molecule has 0 unspecified atom stereocenters. The molecule has 19 heavy (non-hydrogen) atoms. The second-order valence-corrected chi connectivity index (χ2v) is 10.2. The van der Waals surface area contributed by atoms with Gasteiger partial charge in [-0.2, -0.15) is 0 Å². The summed E-state index contributed by atoms with van der Waals surface area (Å²) < 4.78 is 27.8. The van der Waals surface area contributed by atoms with E-state index in [9.17, 15) is 8.42 Å². The topological polar surface area (TPSA) is 49.4 Å². The first-order valence-electron chi connectivity index (χ1n) is 5.63. The highest BCUT2D eigenvalue weighted by molar-refractivity contribution is 9.11. The van der Waals surface area contributed by atoms with E-state index in [2.05, 4.69) is 20.7 Å². The first kappa shape index (κ1) is 17.4. The molecule has 0 saturated carbocycles. The van der Waals surface area contributed by atoms with E-state index in [1.165, 1.54) is 6.07 Å². The number of hydrogen-bond acceptors (Lipinski definition) is 4. The van der Waals surface area contributed by atoms with Gasteiger partial charge in [0, 0.05) is 13.1 Å². The molecule has 1 heterocycles. The van der Waals surface area contributed by atoms with Crippen molar-refractivity contribution in [2.45, 2.75) is 18.1 Å². The Morgan fingerprint density at radius 1 is 1.47 bits per heavy atom. The summed E-state index contributed by atoms with van der Waals surface area (Å²) in [6.45, 7) is 5.21. The van der Waals surface area contributed by atoms with Crippen LogP contribution in [0.5, 0.6) is 0 Å². The van der Waals surface area contributed by atoms with E-state index in [-0.39, 0.29) is 9.62 Å². The maximum absolute atomic E-state index is 12.1. The van der Waals surface area contributed by atoms with Gasteiger partial charge in [-0.25, -0.2) is 13.1 Å². The van der Waals surface area contributed by atoms with Crippen LogP contribution in [0.4, 0.5) is 0 Å². The van der Waals surface area contributed by atoms with Crippen LogP contribution in [0.25, 0.3) is 0 Å². The van der Waals surface area contributed by atoms with E-state index in [1.54, 1.807) is 0 Å². The van der Waals surface area contributed by atoms with Gasteiger partial charge in [0.15, 0.2) is 0 Å². The third-order valence-corrected chi connectivity index (χ3v) is 6.72. The van der Waals surface area contributed by atoms with E-state index in [0.29, 0.717) is 15.4 Å². The number of halogens is 2. The Bertz CT molecular complexity index is 521. The molecule has 0 spiro atoms. The molecular weight excluding hydrogens is 372 g/mol. The van der Waals surface area contributed by atoms with Gasteiger partial charge in [0.25, 0.3) is 0 Å². The van der Waals surface area contributed by atoms with Crippen LogP contribution < -0.4 is 4.72 Å². The second-order valence-electron chi connectivity index (χ2n) is 5.41. The molecule has 1 aromatic rings. The minimum absolute atomic E-state index is 0.144. The van der Waals surface area contributed by atoms with Crippen LogP contribution in [0.1, 0.15) is 13.8 Å². The Kier molecular flexibility index (Phi) is 5.86. The van der Waals surface area contributed by atoms with Crippen LogP contribution in [-0.2, 0) is 10.0 Å². The van der Waals surface area contributed by atoms with Gasteiger partial charge in [-0.3, -0.25) is 0 Å². The maximum Gasteiger partial charge on any atom is 0.250 e. The molecule has 1 rings (SSSR count). The fourth-order valence-electron chi connectivity index (χ4n) is 1.73. The van der Waals surface area contributed by atoms with Gasteiger partial charge in [-0.05, 0) is 41.5 Å². The normalized spacial score (nSPS) is 13.2. The molecule has 0 aliphatic rings. The van der Waals surface area contributed by atoms with Crippen molar-refractivity contribution in [3.63, 3.8) is 0 Å². The molecule has 1 aromatic heterocycles. The summed E-state index contributed by atoms with van der Waals surface area (Å²) in [5.74, 6) is 0. The van der Waals surface area contributed by atoms with Gasteiger partial charge in [0.05, 0.1) is 8.81 Å². The van der Waals surface area contributed by atoms with E-state index in [4.69, 9.17) is 11.6 Å². The van der Waals surface area contributed by atoms with Crippen LogP contribution >= 0.6 is 38.9 Å². The van der Waals surface area contributed by atoms with Gasteiger partial charge in [0.1, 0.15) is 4.21 Å². The van der Waals surface area contributed by atoms with Crippen LogP contribution in [0.15, 0.2) is 14.1 Å². The molecular formula is C11H18BrClN2O2S2. The summed E-state index contributed by atoms with van der Waals surface area (Å²) in [5, 5.41) is 0.415. The van der Waals surface area contributed by atoms with Gasteiger partial charge in [0.2, 0.25) is 10.0 Å². The molecule has 4 nitrogen and oxygen atoms in total. The maximum atomic E-state index is 12.1. The average Bonchev–Trinajstić information content (AvgIpc) is 2.56. The summed E-state index contributed by atoms with van der Waals surface area (Å²) in [7, 11) is 0.434. The second kappa shape index (κ2) is 6.41. The zero-order valence-corrected chi connectivity index (χ0v) is 15.3. The minimum Gasteiger partial charge on any atom is -0.309 e. The monoisotopic (exact) mass is 388 g/mol. The highest BCUT2D eigenvalue weighted by Gasteiger charge is 2.24. The number of thiophene rings is 1. The summed E-state index contributed by atoms with van der Waals surface area (Å²) >= 11 is 10.2. The highest BCUT2D eigenvalue weighted by Crippen LogP contribution is 2.34. The standard InChI is InChI=1S/C11H18BrClN2O2S2/c1-11(2,7-15(3)4)6-14-19(16,17)9-5-8(13)10(12)18-9/h5,14H,6-7H2,1-4H3. The Hall–Kier alpha value is 0.340. The van der Waals surface area contributed by atoms with E-state index >= 15 is 0 Å². The van der Waals surface area contributed by atoms with Crippen LogP contribution in [0, 0.1) is 5.41 Å². The fourth-order valence-corrected chi connectivity index (χ4v) is 5.42. The van der Waals surface area contributed by atoms with Crippen molar-refractivity contribution in [1.82, 2.24) is 9.62 Å². The Morgan fingerprint density at radius 3 is 2.47 bits per heavy atom. The van der Waals surface area contributed by atoms with Crippen molar-refractivity contribution < 1.29 is 8.42 Å². The molecule has 0 amide bonds. The molecule has 0 radical (unpaired) electrons. The highest BCUT2D eigenvalue weighted by atomic mass is 79.9. The summed E-state index contributed by atoms with van der Waals surface area (Å²) in [5.41, 5.74) is -0.144. The smallest absolute Gasteiger partial charge is 0.250 e. The SMILES string of the molecule is CN(C)CC(C)(C)CNS(=O)(=O)c1cc(Cl)c(Br)s1. The molecule has 1 N–H and O–H groups in total. The third kappa shape index (κ3) is 5.32. The van der Waals surface area contributed by atoms with Gasteiger partial charge >= 0.3 is 0 Å².